The number of rotatable bonds is 4. The van der Waals surface area contributed by atoms with Crippen LogP contribution in [0.3, 0.4) is 0 Å². The highest BCUT2D eigenvalue weighted by Crippen LogP contribution is 2.20. The summed E-state index contributed by atoms with van der Waals surface area (Å²) in [4.78, 5) is 28.4. The number of piperazine rings is 1. The van der Waals surface area contributed by atoms with Crippen molar-refractivity contribution in [3.05, 3.63) is 29.6 Å². The normalized spacial score (nSPS) is 19.4. The van der Waals surface area contributed by atoms with Gasteiger partial charge in [-0.1, -0.05) is 0 Å². The first-order chi connectivity index (χ1) is 11.9. The number of anilines is 1. The van der Waals surface area contributed by atoms with Crippen LogP contribution in [0.4, 0.5) is 14.9 Å². The highest BCUT2D eigenvalue weighted by Gasteiger charge is 2.30. The molecule has 0 spiro atoms. The van der Waals surface area contributed by atoms with Crippen molar-refractivity contribution in [1.29, 1.82) is 0 Å². The Hall–Kier alpha value is -2.15. The molecule has 2 fully saturated rings. The average Bonchev–Trinajstić information content (AvgIpc) is 3.40. The number of amides is 3. The number of aryl methyl sites for hydroxylation is 1. The van der Waals surface area contributed by atoms with E-state index >= 15 is 0 Å². The highest BCUT2D eigenvalue weighted by atomic mass is 19.1. The topological polar surface area (TPSA) is 64.7 Å². The first-order valence-corrected chi connectivity index (χ1v) is 8.80. The second kappa shape index (κ2) is 7.39. The third-order valence-electron chi connectivity index (χ3n) is 4.88. The van der Waals surface area contributed by atoms with Crippen molar-refractivity contribution in [2.45, 2.75) is 38.8 Å². The van der Waals surface area contributed by atoms with Gasteiger partial charge in [0.2, 0.25) is 5.91 Å². The van der Waals surface area contributed by atoms with Gasteiger partial charge in [-0.2, -0.15) is 0 Å². The minimum absolute atomic E-state index is 0.0716. The van der Waals surface area contributed by atoms with Crippen LogP contribution in [0.1, 0.15) is 25.3 Å². The largest absolute Gasteiger partial charge is 0.352 e. The molecule has 7 heteroatoms. The fourth-order valence-corrected chi connectivity index (χ4v) is 2.99. The van der Waals surface area contributed by atoms with Crippen LogP contribution in [-0.2, 0) is 4.79 Å². The molecule has 2 aliphatic rings. The van der Waals surface area contributed by atoms with E-state index in [2.05, 4.69) is 15.5 Å². The van der Waals surface area contributed by atoms with Crippen molar-refractivity contribution in [2.24, 2.45) is 0 Å². The second-order valence-corrected chi connectivity index (χ2v) is 6.87. The zero-order chi connectivity index (χ0) is 18.0. The molecule has 1 atom stereocenters. The van der Waals surface area contributed by atoms with Gasteiger partial charge in [-0.25, -0.2) is 9.18 Å². The average molecular weight is 348 g/mol. The van der Waals surface area contributed by atoms with Gasteiger partial charge in [0.25, 0.3) is 0 Å². The van der Waals surface area contributed by atoms with Gasteiger partial charge in [-0.3, -0.25) is 9.69 Å². The molecule has 3 rings (SSSR count). The van der Waals surface area contributed by atoms with Crippen molar-refractivity contribution in [2.75, 3.05) is 31.5 Å². The van der Waals surface area contributed by atoms with E-state index < -0.39 is 0 Å². The van der Waals surface area contributed by atoms with Crippen LogP contribution >= 0.6 is 0 Å². The van der Waals surface area contributed by atoms with Crippen LogP contribution in [0.15, 0.2) is 18.2 Å². The SMILES string of the molecule is Cc1cc(F)ccc1NC(=O)N1CCN(C(C)C(=O)NC2CC2)CC1. The Morgan fingerprint density at radius 1 is 1.20 bits per heavy atom. The van der Waals surface area contributed by atoms with Gasteiger partial charge in [0.1, 0.15) is 5.82 Å². The molecule has 1 unspecified atom stereocenters. The summed E-state index contributed by atoms with van der Waals surface area (Å²) >= 11 is 0. The Morgan fingerprint density at radius 2 is 1.88 bits per heavy atom. The summed E-state index contributed by atoms with van der Waals surface area (Å²) in [6.45, 7) is 6.12. The Labute approximate surface area is 147 Å². The number of carbonyl (C=O) groups is 2. The molecular weight excluding hydrogens is 323 g/mol. The van der Waals surface area contributed by atoms with Crippen LogP contribution in [-0.4, -0.2) is 60.0 Å². The minimum atomic E-state index is -0.317. The lowest BCUT2D eigenvalue weighted by Gasteiger charge is -2.37. The van der Waals surface area contributed by atoms with Crippen molar-refractivity contribution < 1.29 is 14.0 Å². The molecule has 136 valence electrons. The van der Waals surface area contributed by atoms with E-state index in [0.29, 0.717) is 43.5 Å². The molecule has 0 aromatic heterocycles. The quantitative estimate of drug-likeness (QED) is 0.874. The molecule has 6 nitrogen and oxygen atoms in total. The standard InChI is InChI=1S/C18H25FN4O2/c1-12-11-14(19)3-6-16(12)21-18(25)23-9-7-22(8-10-23)13(2)17(24)20-15-4-5-15/h3,6,11,13,15H,4-5,7-10H2,1-2H3,(H,20,24)(H,21,25). The smallest absolute Gasteiger partial charge is 0.321 e. The van der Waals surface area contributed by atoms with E-state index in [1.807, 2.05) is 6.92 Å². The van der Waals surface area contributed by atoms with Gasteiger partial charge in [-0.15, -0.1) is 0 Å². The minimum Gasteiger partial charge on any atom is -0.352 e. The first-order valence-electron chi connectivity index (χ1n) is 8.80. The predicted octanol–water partition coefficient (Wildman–Crippen LogP) is 1.95. The van der Waals surface area contributed by atoms with Crippen molar-refractivity contribution in [3.63, 3.8) is 0 Å². The zero-order valence-electron chi connectivity index (χ0n) is 14.7. The lowest BCUT2D eigenvalue weighted by molar-refractivity contribution is -0.126. The number of nitrogens with one attached hydrogen (secondary N) is 2. The van der Waals surface area contributed by atoms with Crippen LogP contribution in [0.5, 0.6) is 0 Å². The fraction of sp³-hybridized carbons (Fsp3) is 0.556. The van der Waals surface area contributed by atoms with E-state index in [0.717, 1.165) is 12.8 Å². The van der Waals surface area contributed by atoms with Gasteiger partial charge in [0.05, 0.1) is 6.04 Å². The fourth-order valence-electron chi connectivity index (χ4n) is 2.99. The Bertz CT molecular complexity index is 654. The number of halogens is 1. The number of benzene rings is 1. The molecule has 1 heterocycles. The van der Waals surface area contributed by atoms with Gasteiger partial charge >= 0.3 is 6.03 Å². The molecule has 1 saturated heterocycles. The highest BCUT2D eigenvalue weighted by molar-refractivity contribution is 5.90. The third-order valence-corrected chi connectivity index (χ3v) is 4.88. The first kappa shape index (κ1) is 17.7. The molecule has 1 aliphatic carbocycles. The maximum absolute atomic E-state index is 13.1. The monoisotopic (exact) mass is 348 g/mol. The molecule has 0 bridgehead atoms. The predicted molar refractivity (Wildman–Crippen MR) is 93.9 cm³/mol. The number of urea groups is 1. The lowest BCUT2D eigenvalue weighted by atomic mass is 10.2. The van der Waals surface area contributed by atoms with E-state index in [4.69, 9.17) is 0 Å². The summed E-state index contributed by atoms with van der Waals surface area (Å²) in [5, 5.41) is 5.86. The van der Waals surface area contributed by atoms with Crippen molar-refractivity contribution in [1.82, 2.24) is 15.1 Å². The molecule has 2 N–H and O–H groups in total. The van der Waals surface area contributed by atoms with Gasteiger partial charge in [-0.05, 0) is 50.5 Å². The summed E-state index contributed by atoms with van der Waals surface area (Å²) in [6, 6.07) is 4.30. The van der Waals surface area contributed by atoms with Gasteiger partial charge in [0, 0.05) is 37.9 Å². The molecule has 0 radical (unpaired) electrons. The maximum Gasteiger partial charge on any atom is 0.321 e. The van der Waals surface area contributed by atoms with Crippen LogP contribution in [0, 0.1) is 12.7 Å². The molecule has 1 saturated carbocycles. The molecule has 1 aromatic carbocycles. The summed E-state index contributed by atoms with van der Waals surface area (Å²) < 4.78 is 13.1. The Kier molecular flexibility index (Phi) is 5.22. The molecule has 1 aromatic rings. The van der Waals surface area contributed by atoms with Crippen LogP contribution in [0.25, 0.3) is 0 Å². The summed E-state index contributed by atoms with van der Waals surface area (Å²) in [7, 11) is 0. The lowest BCUT2D eigenvalue weighted by Crippen LogP contribution is -2.55. The van der Waals surface area contributed by atoms with Gasteiger partial charge < -0.3 is 15.5 Å². The molecule has 3 amide bonds. The summed E-state index contributed by atoms with van der Waals surface area (Å²) in [6.07, 6.45) is 2.16. The molecular formula is C18H25FN4O2. The second-order valence-electron chi connectivity index (χ2n) is 6.87. The number of hydrogen-bond donors (Lipinski definition) is 2. The Balaban J connectivity index is 1.49. The summed E-state index contributed by atoms with van der Waals surface area (Å²) in [5.74, 6) is -0.245. The third kappa shape index (κ3) is 4.48. The van der Waals surface area contributed by atoms with E-state index in [-0.39, 0.29) is 23.8 Å². The van der Waals surface area contributed by atoms with Crippen LogP contribution < -0.4 is 10.6 Å². The van der Waals surface area contributed by atoms with Crippen molar-refractivity contribution in [3.8, 4) is 0 Å². The molecule has 1 aliphatic heterocycles. The van der Waals surface area contributed by atoms with Crippen LogP contribution in [0.2, 0.25) is 0 Å². The maximum atomic E-state index is 13.1. The van der Waals surface area contributed by atoms with E-state index in [1.165, 1.54) is 12.1 Å². The molecule has 25 heavy (non-hydrogen) atoms. The number of nitrogens with zero attached hydrogens (tertiary/aromatic N) is 2. The van der Waals surface area contributed by atoms with Crippen molar-refractivity contribution >= 4 is 17.6 Å². The van der Waals surface area contributed by atoms with Gasteiger partial charge in [0.15, 0.2) is 0 Å². The number of carbonyl (C=O) groups excluding carboxylic acids is 2. The summed E-state index contributed by atoms with van der Waals surface area (Å²) in [5.41, 5.74) is 1.31. The van der Waals surface area contributed by atoms with E-state index in [1.54, 1.807) is 17.9 Å². The van der Waals surface area contributed by atoms with E-state index in [9.17, 15) is 14.0 Å². The zero-order valence-corrected chi connectivity index (χ0v) is 14.7. The Morgan fingerprint density at radius 3 is 2.48 bits per heavy atom. The number of hydrogen-bond acceptors (Lipinski definition) is 3.